The molecule has 0 radical (unpaired) electrons. The average Bonchev–Trinajstić information content (AvgIpc) is 3.09. The summed E-state index contributed by atoms with van der Waals surface area (Å²) in [7, 11) is 1.95. The Hall–Kier alpha value is -2.34. The fraction of sp³-hybridized carbons (Fsp3) is 0.524. The van der Waals surface area contributed by atoms with Gasteiger partial charge in [0.1, 0.15) is 0 Å². The Morgan fingerprint density at radius 2 is 2.04 bits per heavy atom. The molecular formula is C21H33N5O. The van der Waals surface area contributed by atoms with Crippen molar-refractivity contribution >= 4 is 5.96 Å². The highest BCUT2D eigenvalue weighted by molar-refractivity contribution is 5.79. The second kappa shape index (κ2) is 12.1. The first-order valence-electron chi connectivity index (χ1n) is 9.78. The molecule has 2 N–H and O–H groups in total. The summed E-state index contributed by atoms with van der Waals surface area (Å²) < 4.78 is 7.65. The first kappa shape index (κ1) is 21.0. The summed E-state index contributed by atoms with van der Waals surface area (Å²) in [4.78, 5) is 4.69. The molecular weight excluding hydrogens is 338 g/mol. The maximum atomic E-state index is 5.81. The second-order valence-electron chi connectivity index (χ2n) is 6.88. The van der Waals surface area contributed by atoms with E-state index in [1.54, 1.807) is 0 Å². The fourth-order valence-electron chi connectivity index (χ4n) is 2.69. The average molecular weight is 372 g/mol. The van der Waals surface area contributed by atoms with Gasteiger partial charge in [-0.25, -0.2) is 0 Å². The van der Waals surface area contributed by atoms with E-state index < -0.39 is 0 Å². The van der Waals surface area contributed by atoms with Crippen LogP contribution in [-0.2, 0) is 24.8 Å². The van der Waals surface area contributed by atoms with Gasteiger partial charge in [0.25, 0.3) is 0 Å². The molecule has 0 fully saturated rings. The molecule has 1 unspecified atom stereocenters. The molecule has 2 aromatic rings. The van der Waals surface area contributed by atoms with E-state index >= 15 is 0 Å². The molecule has 0 spiro atoms. The number of hydrogen-bond donors (Lipinski definition) is 2. The molecule has 0 aliphatic rings. The highest BCUT2D eigenvalue weighted by atomic mass is 16.5. The number of aryl methyl sites for hydroxylation is 2. The minimum atomic E-state index is 0.375. The van der Waals surface area contributed by atoms with E-state index in [0.29, 0.717) is 19.1 Å². The van der Waals surface area contributed by atoms with Gasteiger partial charge in [0.15, 0.2) is 5.96 Å². The van der Waals surface area contributed by atoms with Crippen LogP contribution in [0.3, 0.4) is 0 Å². The molecule has 1 atom stereocenters. The van der Waals surface area contributed by atoms with Crippen molar-refractivity contribution in [3.05, 3.63) is 53.9 Å². The first-order chi connectivity index (χ1) is 13.2. The molecule has 0 aliphatic heterocycles. The third-order valence-electron chi connectivity index (χ3n) is 4.11. The largest absolute Gasteiger partial charge is 0.376 e. The molecule has 0 saturated heterocycles. The van der Waals surface area contributed by atoms with Gasteiger partial charge in [-0.1, -0.05) is 37.3 Å². The van der Waals surface area contributed by atoms with Gasteiger partial charge in [-0.2, -0.15) is 5.10 Å². The number of ether oxygens (including phenoxy) is 1. The number of nitrogens with zero attached hydrogens (tertiary/aromatic N) is 3. The zero-order valence-electron chi connectivity index (χ0n) is 16.8. The SMILES string of the molecule is CCNC(=NCC(C)COCc1ccccc1)NCCCc1cnn(C)c1. The van der Waals surface area contributed by atoms with Crippen molar-refractivity contribution in [2.24, 2.45) is 18.0 Å². The van der Waals surface area contributed by atoms with Gasteiger partial charge in [0.05, 0.1) is 19.4 Å². The number of rotatable bonds is 11. The molecule has 0 bridgehead atoms. The van der Waals surface area contributed by atoms with E-state index in [1.807, 2.05) is 36.1 Å². The van der Waals surface area contributed by atoms with Crippen LogP contribution in [-0.4, -0.2) is 42.0 Å². The number of guanidine groups is 1. The number of nitrogens with one attached hydrogen (secondary N) is 2. The molecule has 0 saturated carbocycles. The number of benzene rings is 1. The molecule has 0 aliphatic carbocycles. The lowest BCUT2D eigenvalue weighted by Gasteiger charge is -2.14. The Bertz CT molecular complexity index is 668. The molecule has 2 rings (SSSR count). The third kappa shape index (κ3) is 8.73. The van der Waals surface area contributed by atoms with Gasteiger partial charge >= 0.3 is 0 Å². The van der Waals surface area contributed by atoms with Crippen LogP contribution in [0.15, 0.2) is 47.7 Å². The Morgan fingerprint density at radius 3 is 2.74 bits per heavy atom. The van der Waals surface area contributed by atoms with Crippen molar-refractivity contribution in [1.82, 2.24) is 20.4 Å². The maximum Gasteiger partial charge on any atom is 0.191 e. The molecule has 1 heterocycles. The van der Waals surface area contributed by atoms with E-state index in [-0.39, 0.29) is 0 Å². The monoisotopic (exact) mass is 371 g/mol. The summed E-state index contributed by atoms with van der Waals surface area (Å²) in [6, 6.07) is 10.3. The molecule has 6 nitrogen and oxygen atoms in total. The lowest BCUT2D eigenvalue weighted by atomic mass is 10.2. The van der Waals surface area contributed by atoms with Gasteiger partial charge in [0, 0.05) is 32.9 Å². The lowest BCUT2D eigenvalue weighted by Crippen LogP contribution is -2.38. The molecule has 6 heteroatoms. The summed E-state index contributed by atoms with van der Waals surface area (Å²) in [6.07, 6.45) is 6.06. The number of hydrogen-bond acceptors (Lipinski definition) is 3. The summed E-state index contributed by atoms with van der Waals surface area (Å²) in [5.74, 6) is 1.25. The Morgan fingerprint density at radius 1 is 1.22 bits per heavy atom. The van der Waals surface area contributed by atoms with Crippen LogP contribution in [0.1, 0.15) is 31.4 Å². The summed E-state index contributed by atoms with van der Waals surface area (Å²) in [5.41, 5.74) is 2.47. The van der Waals surface area contributed by atoms with Crippen LogP contribution < -0.4 is 10.6 Å². The van der Waals surface area contributed by atoms with Crippen LogP contribution in [0, 0.1) is 5.92 Å². The minimum absolute atomic E-state index is 0.375. The number of aliphatic imine (C=N–C) groups is 1. The van der Waals surface area contributed by atoms with Gasteiger partial charge in [-0.05, 0) is 36.8 Å². The molecule has 0 amide bonds. The Balaban J connectivity index is 1.65. The van der Waals surface area contributed by atoms with E-state index in [0.717, 1.165) is 38.4 Å². The fourth-order valence-corrected chi connectivity index (χ4v) is 2.69. The van der Waals surface area contributed by atoms with E-state index in [9.17, 15) is 0 Å². The summed E-state index contributed by atoms with van der Waals surface area (Å²) in [5, 5.41) is 10.9. The quantitative estimate of drug-likeness (QED) is 0.362. The van der Waals surface area contributed by atoms with E-state index in [2.05, 4.69) is 52.9 Å². The van der Waals surface area contributed by atoms with Crippen molar-refractivity contribution in [2.45, 2.75) is 33.3 Å². The van der Waals surface area contributed by atoms with Crippen molar-refractivity contribution in [3.8, 4) is 0 Å². The maximum absolute atomic E-state index is 5.81. The molecule has 148 valence electrons. The van der Waals surface area contributed by atoms with Gasteiger partial charge < -0.3 is 15.4 Å². The van der Waals surface area contributed by atoms with Crippen molar-refractivity contribution in [3.63, 3.8) is 0 Å². The third-order valence-corrected chi connectivity index (χ3v) is 4.11. The van der Waals surface area contributed by atoms with Crippen LogP contribution in [0.25, 0.3) is 0 Å². The zero-order valence-corrected chi connectivity index (χ0v) is 16.8. The van der Waals surface area contributed by atoms with Crippen molar-refractivity contribution in [1.29, 1.82) is 0 Å². The van der Waals surface area contributed by atoms with Crippen LogP contribution >= 0.6 is 0 Å². The van der Waals surface area contributed by atoms with Gasteiger partial charge in [-0.15, -0.1) is 0 Å². The Labute approximate surface area is 163 Å². The minimum Gasteiger partial charge on any atom is -0.376 e. The predicted molar refractivity (Wildman–Crippen MR) is 111 cm³/mol. The standard InChI is InChI=1S/C21H33N5O/c1-4-22-21(23-12-8-11-20-14-25-26(3)15-20)24-13-18(2)16-27-17-19-9-6-5-7-10-19/h5-7,9-10,14-15,18H,4,8,11-13,16-17H2,1-3H3,(H2,22,23,24). The van der Waals surface area contributed by atoms with Crippen molar-refractivity contribution in [2.75, 3.05) is 26.2 Å². The van der Waals surface area contributed by atoms with E-state index in [1.165, 1.54) is 11.1 Å². The molecule has 1 aromatic carbocycles. The topological polar surface area (TPSA) is 63.5 Å². The van der Waals surface area contributed by atoms with Crippen LogP contribution in [0.2, 0.25) is 0 Å². The molecule has 27 heavy (non-hydrogen) atoms. The summed E-state index contributed by atoms with van der Waals surface area (Å²) in [6.45, 7) is 8.10. The molecule has 1 aromatic heterocycles. The van der Waals surface area contributed by atoms with Gasteiger partial charge in [0.2, 0.25) is 0 Å². The van der Waals surface area contributed by atoms with E-state index in [4.69, 9.17) is 4.74 Å². The highest BCUT2D eigenvalue weighted by Crippen LogP contribution is 2.04. The highest BCUT2D eigenvalue weighted by Gasteiger charge is 2.04. The van der Waals surface area contributed by atoms with Crippen molar-refractivity contribution < 1.29 is 4.74 Å². The van der Waals surface area contributed by atoms with Crippen LogP contribution in [0.5, 0.6) is 0 Å². The lowest BCUT2D eigenvalue weighted by molar-refractivity contribution is 0.0945. The summed E-state index contributed by atoms with van der Waals surface area (Å²) >= 11 is 0. The second-order valence-corrected chi connectivity index (χ2v) is 6.88. The smallest absolute Gasteiger partial charge is 0.191 e. The first-order valence-corrected chi connectivity index (χ1v) is 9.78. The predicted octanol–water partition coefficient (Wildman–Crippen LogP) is 2.76. The van der Waals surface area contributed by atoms with Gasteiger partial charge in [-0.3, -0.25) is 9.67 Å². The Kier molecular flexibility index (Phi) is 9.41. The normalized spacial score (nSPS) is 12.8. The zero-order chi connectivity index (χ0) is 19.3. The van der Waals surface area contributed by atoms with Crippen LogP contribution in [0.4, 0.5) is 0 Å². The number of aromatic nitrogens is 2.